The number of benzene rings is 1. The lowest BCUT2D eigenvalue weighted by molar-refractivity contribution is 0.0657. The van der Waals surface area contributed by atoms with Crippen LogP contribution in [0.5, 0.6) is 0 Å². The Hall–Kier alpha value is -0.940. The van der Waals surface area contributed by atoms with Gasteiger partial charge < -0.3 is 9.47 Å². The van der Waals surface area contributed by atoms with Crippen LogP contribution in [0.3, 0.4) is 0 Å². The predicted molar refractivity (Wildman–Crippen MR) is 73.3 cm³/mol. The number of hydrogen-bond donors (Lipinski definition) is 2. The zero-order valence-electron chi connectivity index (χ0n) is 11.5. The summed E-state index contributed by atoms with van der Waals surface area (Å²) in [6, 6.07) is 6.42. The Morgan fingerprint density at radius 1 is 1.22 bits per heavy atom. The van der Waals surface area contributed by atoms with Gasteiger partial charge in [0, 0.05) is 19.8 Å². The summed E-state index contributed by atoms with van der Waals surface area (Å²) >= 11 is 0. The van der Waals surface area contributed by atoms with Gasteiger partial charge in [0.25, 0.3) is 0 Å². The standard InChI is InChI=1S/C14H24N2O2/c1-11-5-4-6-13(12(11)2)14(16-15)7-8-18-10-9-17-3/h4-6,14,16H,7-10,15H2,1-3H3. The zero-order chi connectivity index (χ0) is 13.4. The molecule has 1 aromatic carbocycles. The summed E-state index contributed by atoms with van der Waals surface area (Å²) in [6.45, 7) is 6.17. The fourth-order valence-electron chi connectivity index (χ4n) is 1.93. The first kappa shape index (κ1) is 15.1. The minimum absolute atomic E-state index is 0.132. The van der Waals surface area contributed by atoms with Crippen LogP contribution >= 0.6 is 0 Å². The van der Waals surface area contributed by atoms with Crippen LogP contribution in [-0.4, -0.2) is 26.9 Å². The molecule has 0 aliphatic heterocycles. The number of aryl methyl sites for hydroxylation is 1. The Labute approximate surface area is 109 Å². The van der Waals surface area contributed by atoms with Crippen LogP contribution in [0.25, 0.3) is 0 Å². The molecule has 1 rings (SSSR count). The molecule has 0 aliphatic carbocycles. The van der Waals surface area contributed by atoms with E-state index in [4.69, 9.17) is 15.3 Å². The third-order valence-corrected chi connectivity index (χ3v) is 3.21. The molecule has 0 amide bonds. The Balaban J connectivity index is 2.52. The Kier molecular flexibility index (Phi) is 6.90. The monoisotopic (exact) mass is 252 g/mol. The molecule has 1 aromatic rings. The molecule has 3 N–H and O–H groups in total. The van der Waals surface area contributed by atoms with Crippen LogP contribution in [-0.2, 0) is 9.47 Å². The summed E-state index contributed by atoms with van der Waals surface area (Å²) < 4.78 is 10.4. The summed E-state index contributed by atoms with van der Waals surface area (Å²) in [5.74, 6) is 5.63. The number of hydrogen-bond acceptors (Lipinski definition) is 4. The van der Waals surface area contributed by atoms with Gasteiger partial charge in [0.05, 0.1) is 13.2 Å². The molecule has 0 aliphatic rings. The second kappa shape index (κ2) is 8.21. The topological polar surface area (TPSA) is 56.5 Å². The van der Waals surface area contributed by atoms with Crippen molar-refractivity contribution in [3.8, 4) is 0 Å². The molecule has 1 unspecified atom stereocenters. The highest BCUT2D eigenvalue weighted by Crippen LogP contribution is 2.22. The molecule has 0 saturated carbocycles. The largest absolute Gasteiger partial charge is 0.382 e. The van der Waals surface area contributed by atoms with Crippen molar-refractivity contribution in [1.29, 1.82) is 0 Å². The van der Waals surface area contributed by atoms with E-state index in [0.29, 0.717) is 19.8 Å². The van der Waals surface area contributed by atoms with Crippen molar-refractivity contribution >= 4 is 0 Å². The number of ether oxygens (including phenoxy) is 2. The molecule has 0 heterocycles. The van der Waals surface area contributed by atoms with Gasteiger partial charge in [0.15, 0.2) is 0 Å². The smallest absolute Gasteiger partial charge is 0.0700 e. The normalized spacial score (nSPS) is 12.7. The van der Waals surface area contributed by atoms with Gasteiger partial charge in [-0.05, 0) is 37.0 Å². The van der Waals surface area contributed by atoms with E-state index in [2.05, 4.69) is 37.5 Å². The van der Waals surface area contributed by atoms with Crippen LogP contribution in [0, 0.1) is 13.8 Å². The van der Waals surface area contributed by atoms with Gasteiger partial charge in [-0.15, -0.1) is 0 Å². The van der Waals surface area contributed by atoms with Crippen molar-refractivity contribution in [2.24, 2.45) is 5.84 Å². The van der Waals surface area contributed by atoms with Gasteiger partial charge in [0.2, 0.25) is 0 Å². The third-order valence-electron chi connectivity index (χ3n) is 3.21. The molecule has 1 atom stereocenters. The van der Waals surface area contributed by atoms with E-state index in [1.54, 1.807) is 7.11 Å². The third kappa shape index (κ3) is 4.38. The van der Waals surface area contributed by atoms with Gasteiger partial charge in [-0.1, -0.05) is 18.2 Å². The van der Waals surface area contributed by atoms with Crippen molar-refractivity contribution in [3.05, 3.63) is 34.9 Å². The molecule has 4 heteroatoms. The molecule has 0 radical (unpaired) electrons. The summed E-state index contributed by atoms with van der Waals surface area (Å²) in [6.07, 6.45) is 0.852. The van der Waals surface area contributed by atoms with Crippen molar-refractivity contribution < 1.29 is 9.47 Å². The van der Waals surface area contributed by atoms with E-state index in [-0.39, 0.29) is 6.04 Å². The molecule has 0 fully saturated rings. The Morgan fingerprint density at radius 2 is 2.00 bits per heavy atom. The Morgan fingerprint density at radius 3 is 2.67 bits per heavy atom. The fraction of sp³-hybridized carbons (Fsp3) is 0.571. The second-order valence-electron chi connectivity index (χ2n) is 4.40. The van der Waals surface area contributed by atoms with Crippen molar-refractivity contribution in [1.82, 2.24) is 5.43 Å². The lowest BCUT2D eigenvalue weighted by Gasteiger charge is -2.19. The lowest BCUT2D eigenvalue weighted by atomic mass is 9.96. The molecule has 0 spiro atoms. The first-order chi connectivity index (χ1) is 8.70. The van der Waals surface area contributed by atoms with E-state index in [1.807, 2.05) is 0 Å². The molecule has 102 valence electrons. The van der Waals surface area contributed by atoms with E-state index in [1.165, 1.54) is 16.7 Å². The minimum atomic E-state index is 0.132. The average molecular weight is 252 g/mol. The summed E-state index contributed by atoms with van der Waals surface area (Å²) in [4.78, 5) is 0. The van der Waals surface area contributed by atoms with E-state index in [9.17, 15) is 0 Å². The molecule has 0 aromatic heterocycles. The maximum absolute atomic E-state index is 5.63. The second-order valence-corrected chi connectivity index (χ2v) is 4.40. The highest BCUT2D eigenvalue weighted by atomic mass is 16.5. The van der Waals surface area contributed by atoms with Crippen LogP contribution in [0.2, 0.25) is 0 Å². The molecule has 0 saturated heterocycles. The van der Waals surface area contributed by atoms with Crippen LogP contribution in [0.15, 0.2) is 18.2 Å². The number of hydrazine groups is 1. The van der Waals surface area contributed by atoms with Crippen LogP contribution < -0.4 is 11.3 Å². The molecular formula is C14H24N2O2. The number of methoxy groups -OCH3 is 1. The van der Waals surface area contributed by atoms with Crippen LogP contribution in [0.4, 0.5) is 0 Å². The average Bonchev–Trinajstić information content (AvgIpc) is 2.38. The first-order valence-corrected chi connectivity index (χ1v) is 6.29. The molecular weight excluding hydrogens is 228 g/mol. The SMILES string of the molecule is COCCOCCC(NN)c1cccc(C)c1C. The summed E-state index contributed by atoms with van der Waals surface area (Å²) in [5.41, 5.74) is 6.68. The van der Waals surface area contributed by atoms with Crippen molar-refractivity contribution in [2.75, 3.05) is 26.9 Å². The molecule has 4 nitrogen and oxygen atoms in total. The quantitative estimate of drug-likeness (QED) is 0.421. The van der Waals surface area contributed by atoms with Crippen molar-refractivity contribution in [3.63, 3.8) is 0 Å². The van der Waals surface area contributed by atoms with Gasteiger partial charge in [-0.2, -0.15) is 0 Å². The number of rotatable bonds is 8. The number of nitrogens with one attached hydrogen (secondary N) is 1. The first-order valence-electron chi connectivity index (χ1n) is 6.29. The van der Waals surface area contributed by atoms with Crippen molar-refractivity contribution in [2.45, 2.75) is 26.3 Å². The molecule has 0 bridgehead atoms. The fourth-order valence-corrected chi connectivity index (χ4v) is 1.93. The van der Waals surface area contributed by atoms with Gasteiger partial charge in [-0.25, -0.2) is 0 Å². The van der Waals surface area contributed by atoms with Gasteiger partial charge in [-0.3, -0.25) is 11.3 Å². The zero-order valence-corrected chi connectivity index (χ0v) is 11.5. The molecule has 18 heavy (non-hydrogen) atoms. The summed E-state index contributed by atoms with van der Waals surface area (Å²) in [5, 5.41) is 0. The Bertz CT molecular complexity index is 356. The highest BCUT2D eigenvalue weighted by molar-refractivity contribution is 5.35. The highest BCUT2D eigenvalue weighted by Gasteiger charge is 2.12. The van der Waals surface area contributed by atoms with Gasteiger partial charge >= 0.3 is 0 Å². The van der Waals surface area contributed by atoms with E-state index >= 15 is 0 Å². The van der Waals surface area contributed by atoms with E-state index < -0.39 is 0 Å². The van der Waals surface area contributed by atoms with Gasteiger partial charge in [0.1, 0.15) is 0 Å². The van der Waals surface area contributed by atoms with E-state index in [0.717, 1.165) is 6.42 Å². The maximum atomic E-state index is 5.63. The number of nitrogens with two attached hydrogens (primary N) is 1. The predicted octanol–water partition coefficient (Wildman–Crippen LogP) is 1.86. The lowest BCUT2D eigenvalue weighted by Crippen LogP contribution is -2.29. The van der Waals surface area contributed by atoms with Crippen LogP contribution in [0.1, 0.15) is 29.2 Å². The minimum Gasteiger partial charge on any atom is -0.382 e. The summed E-state index contributed by atoms with van der Waals surface area (Å²) in [7, 11) is 1.67. The maximum Gasteiger partial charge on any atom is 0.0700 e.